The summed E-state index contributed by atoms with van der Waals surface area (Å²) in [4.78, 5) is 29.6. The van der Waals surface area contributed by atoms with Gasteiger partial charge in [0.2, 0.25) is 0 Å². The molecule has 0 aliphatic rings. The predicted octanol–water partition coefficient (Wildman–Crippen LogP) is 3.98. The molecule has 5 aromatic rings. The van der Waals surface area contributed by atoms with Gasteiger partial charge in [0.05, 0.1) is 37.5 Å². The molecule has 0 unspecified atom stereocenters. The lowest BCUT2D eigenvalue weighted by molar-refractivity contribution is 0.969. The van der Waals surface area contributed by atoms with Gasteiger partial charge in [-0.1, -0.05) is 0 Å². The van der Waals surface area contributed by atoms with Crippen LogP contribution in [0.3, 0.4) is 0 Å². The Labute approximate surface area is 162 Å². The van der Waals surface area contributed by atoms with Crippen LogP contribution in [0, 0.1) is 6.92 Å². The number of rotatable bonds is 2. The van der Waals surface area contributed by atoms with E-state index in [9.17, 15) is 4.79 Å². The maximum absolute atomic E-state index is 13.2. The number of aryl methyl sites for hydroxylation is 1. The number of thiazole rings is 1. The van der Waals surface area contributed by atoms with Crippen molar-refractivity contribution in [1.29, 1.82) is 0 Å². The van der Waals surface area contributed by atoms with E-state index >= 15 is 0 Å². The average Bonchev–Trinajstić information content (AvgIpc) is 3.21. The van der Waals surface area contributed by atoms with Crippen molar-refractivity contribution in [3.63, 3.8) is 0 Å². The van der Waals surface area contributed by atoms with Gasteiger partial charge < -0.3 is 4.90 Å². The van der Waals surface area contributed by atoms with Gasteiger partial charge in [-0.15, -0.1) is 22.7 Å². The van der Waals surface area contributed by atoms with Crippen molar-refractivity contribution in [2.24, 2.45) is 0 Å². The smallest absolute Gasteiger partial charge is 0.275 e. The molecule has 0 radical (unpaired) electrons. The summed E-state index contributed by atoms with van der Waals surface area (Å²) in [6, 6.07) is 7.82. The molecule has 5 rings (SSSR count). The summed E-state index contributed by atoms with van der Waals surface area (Å²) in [5, 5.41) is 1.94. The van der Waals surface area contributed by atoms with Crippen molar-refractivity contribution in [1.82, 2.24) is 19.5 Å². The number of anilines is 1. The lowest BCUT2D eigenvalue weighted by atomic mass is 10.2. The first kappa shape index (κ1) is 16.3. The van der Waals surface area contributed by atoms with Crippen LogP contribution in [0.4, 0.5) is 5.69 Å². The van der Waals surface area contributed by atoms with Crippen molar-refractivity contribution >= 4 is 59.0 Å². The Hall–Kier alpha value is -2.84. The first-order valence-electron chi connectivity index (χ1n) is 8.36. The van der Waals surface area contributed by atoms with Gasteiger partial charge >= 0.3 is 0 Å². The number of nitrogens with zero attached hydrogens (tertiary/aromatic N) is 5. The van der Waals surface area contributed by atoms with E-state index in [4.69, 9.17) is 0 Å². The third kappa shape index (κ3) is 2.44. The van der Waals surface area contributed by atoms with E-state index in [1.807, 2.05) is 50.2 Å². The van der Waals surface area contributed by atoms with Gasteiger partial charge in [-0.3, -0.25) is 9.36 Å². The molecule has 0 aliphatic heterocycles. The van der Waals surface area contributed by atoms with Crippen LogP contribution in [0.1, 0.15) is 5.01 Å². The second kappa shape index (κ2) is 5.83. The first-order chi connectivity index (χ1) is 13.0. The Morgan fingerprint density at radius 3 is 2.78 bits per heavy atom. The minimum Gasteiger partial charge on any atom is -0.377 e. The molecule has 0 aliphatic carbocycles. The molecule has 0 spiro atoms. The Bertz CT molecular complexity index is 1400. The van der Waals surface area contributed by atoms with Crippen molar-refractivity contribution in [2.75, 3.05) is 19.0 Å². The maximum Gasteiger partial charge on any atom is 0.275 e. The number of pyridine rings is 1. The second-order valence-electron chi connectivity index (χ2n) is 6.49. The fraction of sp³-hybridized carbons (Fsp3) is 0.158. The molecule has 0 atom stereocenters. The summed E-state index contributed by atoms with van der Waals surface area (Å²) in [6.45, 7) is 1.98. The summed E-state index contributed by atoms with van der Waals surface area (Å²) in [5.74, 6) is 0. The van der Waals surface area contributed by atoms with Crippen LogP contribution in [0.5, 0.6) is 0 Å². The Morgan fingerprint density at radius 1 is 1.11 bits per heavy atom. The van der Waals surface area contributed by atoms with Crippen LogP contribution < -0.4 is 10.5 Å². The van der Waals surface area contributed by atoms with Crippen LogP contribution >= 0.6 is 22.7 Å². The zero-order chi connectivity index (χ0) is 18.7. The van der Waals surface area contributed by atoms with Crippen molar-refractivity contribution < 1.29 is 0 Å². The van der Waals surface area contributed by atoms with E-state index in [1.54, 1.807) is 28.4 Å². The highest BCUT2D eigenvalue weighted by molar-refractivity contribution is 7.25. The summed E-state index contributed by atoms with van der Waals surface area (Å²) < 4.78 is 3.31. The number of benzene rings is 1. The molecule has 4 heterocycles. The maximum atomic E-state index is 13.2. The molecule has 4 aromatic heterocycles. The highest BCUT2D eigenvalue weighted by Crippen LogP contribution is 2.35. The highest BCUT2D eigenvalue weighted by atomic mass is 32.1. The van der Waals surface area contributed by atoms with Crippen LogP contribution in [-0.4, -0.2) is 33.6 Å². The molecule has 0 bridgehead atoms. The molecular formula is C19H15N5OS2. The fourth-order valence-corrected chi connectivity index (χ4v) is 5.13. The lowest BCUT2D eigenvalue weighted by Gasteiger charge is -2.13. The van der Waals surface area contributed by atoms with Gasteiger partial charge in [-0.2, -0.15) is 0 Å². The summed E-state index contributed by atoms with van der Waals surface area (Å²) >= 11 is 3.03. The SMILES string of the molecule is Cc1nc2cc(-n3cnc4c(sc5nccc(N(C)C)c54)c3=O)ccc2s1. The summed E-state index contributed by atoms with van der Waals surface area (Å²) in [5.41, 5.74) is 3.30. The van der Waals surface area contributed by atoms with Crippen LogP contribution in [0.15, 0.2) is 41.6 Å². The molecule has 27 heavy (non-hydrogen) atoms. The lowest BCUT2D eigenvalue weighted by Crippen LogP contribution is -2.17. The van der Waals surface area contributed by atoms with Crippen molar-refractivity contribution in [2.45, 2.75) is 6.92 Å². The highest BCUT2D eigenvalue weighted by Gasteiger charge is 2.17. The van der Waals surface area contributed by atoms with E-state index in [-0.39, 0.29) is 5.56 Å². The Morgan fingerprint density at radius 2 is 1.96 bits per heavy atom. The average molecular weight is 393 g/mol. The van der Waals surface area contributed by atoms with Crippen molar-refractivity contribution in [3.05, 3.63) is 52.2 Å². The number of hydrogen-bond acceptors (Lipinski definition) is 7. The van der Waals surface area contributed by atoms with E-state index in [1.165, 1.54) is 11.3 Å². The molecule has 8 heteroatoms. The number of hydrogen-bond donors (Lipinski definition) is 0. The van der Waals surface area contributed by atoms with Gasteiger partial charge in [-0.25, -0.2) is 15.0 Å². The molecule has 1 aromatic carbocycles. The first-order valence-corrected chi connectivity index (χ1v) is 10.00. The topological polar surface area (TPSA) is 63.9 Å². The van der Waals surface area contributed by atoms with Crippen LogP contribution in [0.25, 0.3) is 36.3 Å². The molecule has 0 saturated heterocycles. The zero-order valence-electron chi connectivity index (χ0n) is 14.9. The quantitative estimate of drug-likeness (QED) is 0.454. The van der Waals surface area contributed by atoms with Gasteiger partial charge in [-0.05, 0) is 31.2 Å². The number of thiophene rings is 1. The normalized spacial score (nSPS) is 11.7. The molecule has 0 fully saturated rings. The standard InChI is InChI=1S/C19H15N5OS2/c1-10-22-12-8-11(4-5-14(12)26-10)24-9-21-16-15-13(23(2)3)6-7-20-18(15)27-17(16)19(24)25/h4-9H,1-3H3. The van der Waals surface area contributed by atoms with E-state index in [0.29, 0.717) is 10.2 Å². The predicted molar refractivity (Wildman–Crippen MR) is 113 cm³/mol. The van der Waals surface area contributed by atoms with E-state index < -0.39 is 0 Å². The second-order valence-corrected chi connectivity index (χ2v) is 8.72. The van der Waals surface area contributed by atoms with Crippen LogP contribution in [-0.2, 0) is 0 Å². The number of aromatic nitrogens is 4. The van der Waals surface area contributed by atoms with Crippen molar-refractivity contribution in [3.8, 4) is 5.69 Å². The molecule has 0 saturated carbocycles. The Kier molecular flexibility index (Phi) is 3.53. The Balaban J connectivity index is 1.79. The van der Waals surface area contributed by atoms with Gasteiger partial charge in [0.25, 0.3) is 5.56 Å². The zero-order valence-corrected chi connectivity index (χ0v) is 16.6. The molecule has 134 valence electrons. The van der Waals surface area contributed by atoms with Gasteiger partial charge in [0.1, 0.15) is 15.9 Å². The molecule has 6 nitrogen and oxygen atoms in total. The summed E-state index contributed by atoms with van der Waals surface area (Å²) in [6.07, 6.45) is 3.37. The number of fused-ring (bicyclic) bond motifs is 4. The monoisotopic (exact) mass is 393 g/mol. The molecular weight excluding hydrogens is 378 g/mol. The van der Waals surface area contributed by atoms with E-state index in [2.05, 4.69) is 15.0 Å². The minimum absolute atomic E-state index is 0.0843. The van der Waals surface area contributed by atoms with Crippen LogP contribution in [0.2, 0.25) is 0 Å². The fourth-order valence-electron chi connectivity index (χ4n) is 3.27. The third-order valence-corrected chi connectivity index (χ3v) is 6.53. The minimum atomic E-state index is -0.0843. The molecule has 0 amide bonds. The summed E-state index contributed by atoms with van der Waals surface area (Å²) in [7, 11) is 3.95. The van der Waals surface area contributed by atoms with E-state index in [0.717, 1.165) is 36.8 Å². The third-order valence-electron chi connectivity index (χ3n) is 4.50. The van der Waals surface area contributed by atoms with Gasteiger partial charge in [0.15, 0.2) is 0 Å². The largest absolute Gasteiger partial charge is 0.377 e. The van der Waals surface area contributed by atoms with Gasteiger partial charge in [0, 0.05) is 20.3 Å². The molecule has 0 N–H and O–H groups in total.